The summed E-state index contributed by atoms with van der Waals surface area (Å²) < 4.78 is 5.29. The first-order valence-corrected chi connectivity index (χ1v) is 6.61. The topological polar surface area (TPSA) is 93.4 Å². The second kappa shape index (κ2) is 8.76. The van der Waals surface area contributed by atoms with E-state index in [9.17, 15) is 9.59 Å². The molecule has 0 aromatic heterocycles. The Labute approximate surface area is 124 Å². The molecule has 114 valence electrons. The zero-order valence-corrected chi connectivity index (χ0v) is 12.1. The van der Waals surface area contributed by atoms with Gasteiger partial charge in [-0.2, -0.15) is 0 Å². The number of benzene rings is 1. The molecule has 1 rings (SSSR count). The first-order valence-electron chi connectivity index (χ1n) is 6.61. The summed E-state index contributed by atoms with van der Waals surface area (Å²) in [7, 11) is 0. The largest absolute Gasteiger partial charge is 0.375 e. The van der Waals surface area contributed by atoms with E-state index in [0.717, 1.165) is 11.1 Å². The third-order valence-corrected chi connectivity index (χ3v) is 2.56. The van der Waals surface area contributed by atoms with Crippen molar-refractivity contribution < 1.29 is 14.3 Å². The van der Waals surface area contributed by atoms with Crippen LogP contribution >= 0.6 is 0 Å². The number of urea groups is 1. The highest BCUT2D eigenvalue weighted by Gasteiger charge is 2.04. The van der Waals surface area contributed by atoms with Gasteiger partial charge in [0.25, 0.3) is 5.91 Å². The van der Waals surface area contributed by atoms with E-state index in [2.05, 4.69) is 17.2 Å². The van der Waals surface area contributed by atoms with Gasteiger partial charge in [0.15, 0.2) is 0 Å². The lowest BCUT2D eigenvalue weighted by Gasteiger charge is -2.07. The fraction of sp³-hybridized carbons (Fsp3) is 0.333. The summed E-state index contributed by atoms with van der Waals surface area (Å²) in [6, 6.07) is 6.35. The number of carbonyl (C=O) groups is 2. The molecule has 4 N–H and O–H groups in total. The van der Waals surface area contributed by atoms with Gasteiger partial charge >= 0.3 is 6.03 Å². The van der Waals surface area contributed by atoms with Crippen molar-refractivity contribution in [3.8, 4) is 0 Å². The lowest BCUT2D eigenvalue weighted by atomic mass is 10.1. The Morgan fingerprint density at radius 1 is 1.24 bits per heavy atom. The van der Waals surface area contributed by atoms with Gasteiger partial charge in [-0.15, -0.1) is 0 Å². The van der Waals surface area contributed by atoms with Crippen LogP contribution < -0.4 is 16.4 Å². The predicted octanol–water partition coefficient (Wildman–Crippen LogP) is 1.18. The molecule has 0 aliphatic rings. The molecule has 1 aromatic rings. The summed E-state index contributed by atoms with van der Waals surface area (Å²) in [5, 5.41) is 5.24. The molecule has 0 bridgehead atoms. The van der Waals surface area contributed by atoms with Gasteiger partial charge in [0.2, 0.25) is 0 Å². The summed E-state index contributed by atoms with van der Waals surface area (Å²) in [4.78, 5) is 22.4. The molecule has 1 aromatic carbocycles. The predicted molar refractivity (Wildman–Crippen MR) is 80.8 cm³/mol. The molecule has 3 amide bonds. The van der Waals surface area contributed by atoms with E-state index >= 15 is 0 Å². The molecule has 0 aliphatic carbocycles. The maximum Gasteiger partial charge on any atom is 0.312 e. The highest BCUT2D eigenvalue weighted by atomic mass is 16.5. The number of ether oxygens (including phenoxy) is 1. The SMILES string of the molecule is C=C(C)COCCNC(=O)c1ccc(CNC(N)=O)cc1. The minimum Gasteiger partial charge on any atom is -0.375 e. The molecule has 0 aliphatic heterocycles. The summed E-state index contributed by atoms with van der Waals surface area (Å²) >= 11 is 0. The Hall–Kier alpha value is -2.34. The Morgan fingerprint density at radius 3 is 2.48 bits per heavy atom. The number of rotatable bonds is 8. The molecular weight excluding hydrogens is 270 g/mol. The van der Waals surface area contributed by atoms with Crippen LogP contribution in [0.25, 0.3) is 0 Å². The summed E-state index contributed by atoms with van der Waals surface area (Å²) in [6.45, 7) is 7.33. The second-order valence-corrected chi connectivity index (χ2v) is 4.68. The molecule has 0 fully saturated rings. The molecule has 0 spiro atoms. The standard InChI is InChI=1S/C15H21N3O3/c1-11(2)10-21-8-7-17-14(19)13-5-3-12(4-6-13)9-18-15(16)20/h3-6H,1,7-10H2,2H3,(H,17,19)(H3,16,18,20). The fourth-order valence-electron chi connectivity index (χ4n) is 1.55. The van der Waals surface area contributed by atoms with Gasteiger partial charge < -0.3 is 21.1 Å². The average molecular weight is 291 g/mol. The van der Waals surface area contributed by atoms with E-state index in [1.807, 2.05) is 6.92 Å². The Bertz CT molecular complexity index is 497. The second-order valence-electron chi connectivity index (χ2n) is 4.68. The van der Waals surface area contributed by atoms with Crippen LogP contribution in [-0.2, 0) is 11.3 Å². The third kappa shape index (κ3) is 7.12. The van der Waals surface area contributed by atoms with Crippen molar-refractivity contribution in [2.45, 2.75) is 13.5 Å². The van der Waals surface area contributed by atoms with E-state index in [1.165, 1.54) is 0 Å². The number of primary amides is 1. The van der Waals surface area contributed by atoms with Crippen LogP contribution in [0, 0.1) is 0 Å². The molecule has 0 radical (unpaired) electrons. The fourth-order valence-corrected chi connectivity index (χ4v) is 1.55. The van der Waals surface area contributed by atoms with Crippen molar-refractivity contribution in [1.82, 2.24) is 10.6 Å². The van der Waals surface area contributed by atoms with Crippen molar-refractivity contribution in [2.75, 3.05) is 19.8 Å². The van der Waals surface area contributed by atoms with E-state index < -0.39 is 6.03 Å². The van der Waals surface area contributed by atoms with E-state index in [0.29, 0.717) is 31.9 Å². The number of hydrogen-bond donors (Lipinski definition) is 3. The average Bonchev–Trinajstić information content (AvgIpc) is 2.44. The van der Waals surface area contributed by atoms with Crippen molar-refractivity contribution in [1.29, 1.82) is 0 Å². The monoisotopic (exact) mass is 291 g/mol. The molecule has 6 heteroatoms. The Morgan fingerprint density at radius 2 is 1.90 bits per heavy atom. The molecule has 0 unspecified atom stereocenters. The van der Waals surface area contributed by atoms with Crippen molar-refractivity contribution in [2.24, 2.45) is 5.73 Å². The van der Waals surface area contributed by atoms with Crippen LogP contribution in [0.2, 0.25) is 0 Å². The van der Waals surface area contributed by atoms with Gasteiger partial charge in [0, 0.05) is 18.7 Å². The summed E-state index contributed by atoms with van der Waals surface area (Å²) in [5.41, 5.74) is 7.35. The van der Waals surface area contributed by atoms with Crippen LogP contribution in [0.1, 0.15) is 22.8 Å². The van der Waals surface area contributed by atoms with Crippen molar-refractivity contribution in [3.63, 3.8) is 0 Å². The van der Waals surface area contributed by atoms with Gasteiger partial charge in [-0.3, -0.25) is 4.79 Å². The van der Waals surface area contributed by atoms with Crippen LogP contribution in [-0.4, -0.2) is 31.7 Å². The normalized spacial score (nSPS) is 9.95. The van der Waals surface area contributed by atoms with Gasteiger partial charge in [0.1, 0.15) is 0 Å². The van der Waals surface area contributed by atoms with Crippen molar-refractivity contribution >= 4 is 11.9 Å². The van der Waals surface area contributed by atoms with Crippen LogP contribution in [0.4, 0.5) is 4.79 Å². The highest BCUT2D eigenvalue weighted by molar-refractivity contribution is 5.94. The smallest absolute Gasteiger partial charge is 0.312 e. The number of hydrogen-bond acceptors (Lipinski definition) is 3. The van der Waals surface area contributed by atoms with Crippen molar-refractivity contribution in [3.05, 3.63) is 47.5 Å². The lowest BCUT2D eigenvalue weighted by Crippen LogP contribution is -2.29. The first-order chi connectivity index (χ1) is 9.99. The molecule has 0 saturated heterocycles. The van der Waals surface area contributed by atoms with E-state index in [-0.39, 0.29) is 5.91 Å². The molecule has 0 atom stereocenters. The number of nitrogens with one attached hydrogen (secondary N) is 2. The van der Waals surface area contributed by atoms with E-state index in [1.54, 1.807) is 24.3 Å². The van der Waals surface area contributed by atoms with Gasteiger partial charge in [-0.05, 0) is 24.6 Å². The molecule has 6 nitrogen and oxygen atoms in total. The number of carbonyl (C=O) groups excluding carboxylic acids is 2. The summed E-state index contributed by atoms with van der Waals surface area (Å²) in [5.74, 6) is -0.164. The zero-order valence-electron chi connectivity index (χ0n) is 12.1. The third-order valence-electron chi connectivity index (χ3n) is 2.56. The molecular formula is C15H21N3O3. The lowest BCUT2D eigenvalue weighted by molar-refractivity contribution is 0.0926. The number of nitrogens with two attached hydrogens (primary N) is 1. The summed E-state index contributed by atoms with van der Waals surface area (Å²) in [6.07, 6.45) is 0. The van der Waals surface area contributed by atoms with Gasteiger partial charge in [-0.25, -0.2) is 4.79 Å². The maximum atomic E-state index is 11.8. The van der Waals surface area contributed by atoms with Crippen LogP contribution in [0.3, 0.4) is 0 Å². The molecule has 0 heterocycles. The quantitative estimate of drug-likeness (QED) is 0.496. The van der Waals surface area contributed by atoms with Crippen LogP contribution in [0.15, 0.2) is 36.4 Å². The highest BCUT2D eigenvalue weighted by Crippen LogP contribution is 2.04. The first kappa shape index (κ1) is 16.7. The molecule has 0 saturated carbocycles. The minimum atomic E-state index is -0.577. The van der Waals surface area contributed by atoms with Crippen LogP contribution in [0.5, 0.6) is 0 Å². The number of amides is 3. The van der Waals surface area contributed by atoms with E-state index in [4.69, 9.17) is 10.5 Å². The van der Waals surface area contributed by atoms with Gasteiger partial charge in [0.05, 0.1) is 13.2 Å². The minimum absolute atomic E-state index is 0.164. The maximum absolute atomic E-state index is 11.8. The Balaban J connectivity index is 2.34. The zero-order chi connectivity index (χ0) is 15.7. The molecule has 21 heavy (non-hydrogen) atoms. The van der Waals surface area contributed by atoms with Gasteiger partial charge in [-0.1, -0.05) is 24.3 Å². The Kier molecular flexibility index (Phi) is 6.97.